The molecule has 29 heavy (non-hydrogen) atoms. The van der Waals surface area contributed by atoms with Gasteiger partial charge >= 0.3 is 0 Å². The lowest BCUT2D eigenvalue weighted by atomic mass is 10.1. The standard InChI is InChI=1S/C22H20N2O4S/c1-14(10-16-6-4-3-5-7-16)11-19-21(27)24(22(28)29-19)13-20(26)23-18-9-8-17(25)12-15(18)2/h3-12,25H,13H2,1-2H3,(H,23,26)/b14-10+,19-11-. The lowest BCUT2D eigenvalue weighted by Crippen LogP contribution is -2.36. The minimum atomic E-state index is -0.488. The highest BCUT2D eigenvalue weighted by atomic mass is 32.2. The van der Waals surface area contributed by atoms with Crippen LogP contribution < -0.4 is 5.32 Å². The molecule has 3 rings (SSSR count). The first kappa shape index (κ1) is 20.4. The minimum Gasteiger partial charge on any atom is -0.508 e. The van der Waals surface area contributed by atoms with Gasteiger partial charge in [0.25, 0.3) is 11.1 Å². The fourth-order valence-corrected chi connectivity index (χ4v) is 3.71. The molecule has 3 amide bonds. The highest BCUT2D eigenvalue weighted by Crippen LogP contribution is 2.31. The Balaban J connectivity index is 1.68. The van der Waals surface area contributed by atoms with Crippen molar-refractivity contribution in [2.75, 3.05) is 11.9 Å². The number of anilines is 1. The number of hydrogen-bond acceptors (Lipinski definition) is 5. The second-order valence-corrected chi connectivity index (χ2v) is 7.61. The summed E-state index contributed by atoms with van der Waals surface area (Å²) in [6.45, 7) is 3.21. The predicted molar refractivity (Wildman–Crippen MR) is 114 cm³/mol. The molecule has 1 aliphatic rings. The van der Waals surface area contributed by atoms with E-state index in [0.717, 1.165) is 27.8 Å². The number of nitrogens with one attached hydrogen (secondary N) is 1. The predicted octanol–water partition coefficient (Wildman–Crippen LogP) is 4.32. The first-order valence-corrected chi connectivity index (χ1v) is 9.73. The SMILES string of the molecule is CC(/C=C1\SC(=O)N(CC(=O)Nc2ccc(O)cc2C)C1=O)=C\c1ccccc1. The van der Waals surface area contributed by atoms with Gasteiger partial charge in [0.15, 0.2) is 0 Å². The molecule has 6 nitrogen and oxygen atoms in total. The number of hydrogen-bond donors (Lipinski definition) is 2. The topological polar surface area (TPSA) is 86.7 Å². The first-order chi connectivity index (χ1) is 13.8. The Morgan fingerprint density at radius 2 is 1.90 bits per heavy atom. The molecule has 148 valence electrons. The van der Waals surface area contributed by atoms with Crippen LogP contribution >= 0.6 is 11.8 Å². The number of nitrogens with zero attached hydrogens (tertiary/aromatic N) is 1. The molecule has 0 aromatic heterocycles. The largest absolute Gasteiger partial charge is 0.508 e. The molecule has 2 aromatic carbocycles. The summed E-state index contributed by atoms with van der Waals surface area (Å²) in [6, 6.07) is 14.2. The van der Waals surface area contributed by atoms with Gasteiger partial charge in [-0.05, 0) is 66.6 Å². The highest BCUT2D eigenvalue weighted by Gasteiger charge is 2.36. The Morgan fingerprint density at radius 3 is 2.59 bits per heavy atom. The molecule has 1 aliphatic heterocycles. The van der Waals surface area contributed by atoms with Crippen LogP contribution in [0.4, 0.5) is 10.5 Å². The van der Waals surface area contributed by atoms with Gasteiger partial charge in [-0.15, -0.1) is 0 Å². The summed E-state index contributed by atoms with van der Waals surface area (Å²) in [5, 5.41) is 11.6. The summed E-state index contributed by atoms with van der Waals surface area (Å²) in [6.07, 6.45) is 3.56. The van der Waals surface area contributed by atoms with Gasteiger partial charge in [0.05, 0.1) is 4.91 Å². The van der Waals surface area contributed by atoms with Gasteiger partial charge in [0.2, 0.25) is 5.91 Å². The van der Waals surface area contributed by atoms with Crippen LogP contribution in [0.5, 0.6) is 5.75 Å². The van der Waals surface area contributed by atoms with Crippen molar-refractivity contribution in [3.8, 4) is 5.75 Å². The van der Waals surface area contributed by atoms with Crippen molar-refractivity contribution >= 4 is 40.6 Å². The van der Waals surface area contributed by atoms with Crippen molar-refractivity contribution in [3.05, 3.63) is 76.2 Å². The molecule has 1 saturated heterocycles. The number of benzene rings is 2. The van der Waals surface area contributed by atoms with Crippen LogP contribution in [-0.2, 0) is 9.59 Å². The number of amides is 3. The molecule has 1 fully saturated rings. The molecule has 0 atom stereocenters. The zero-order valence-corrected chi connectivity index (χ0v) is 16.8. The number of phenols is 1. The Bertz CT molecular complexity index is 1030. The lowest BCUT2D eigenvalue weighted by Gasteiger charge is -2.13. The molecule has 0 spiro atoms. The summed E-state index contributed by atoms with van der Waals surface area (Å²) < 4.78 is 0. The van der Waals surface area contributed by atoms with Gasteiger partial charge in [0.1, 0.15) is 12.3 Å². The maximum absolute atomic E-state index is 12.6. The van der Waals surface area contributed by atoms with E-state index < -0.39 is 17.1 Å². The number of thioether (sulfide) groups is 1. The van der Waals surface area contributed by atoms with E-state index in [1.807, 2.05) is 43.3 Å². The molecule has 2 aromatic rings. The van der Waals surface area contributed by atoms with Gasteiger partial charge in [-0.2, -0.15) is 0 Å². The summed E-state index contributed by atoms with van der Waals surface area (Å²) in [4.78, 5) is 38.3. The molecule has 0 radical (unpaired) electrons. The van der Waals surface area contributed by atoms with Gasteiger partial charge in [0, 0.05) is 5.69 Å². The van der Waals surface area contributed by atoms with Crippen LogP contribution in [0.1, 0.15) is 18.1 Å². The van der Waals surface area contributed by atoms with Gasteiger partial charge < -0.3 is 10.4 Å². The van der Waals surface area contributed by atoms with E-state index >= 15 is 0 Å². The van der Waals surface area contributed by atoms with Crippen molar-refractivity contribution in [2.45, 2.75) is 13.8 Å². The molecule has 1 heterocycles. The van der Waals surface area contributed by atoms with Crippen LogP contribution in [0, 0.1) is 6.92 Å². The van der Waals surface area contributed by atoms with E-state index in [0.29, 0.717) is 11.3 Å². The average molecular weight is 408 g/mol. The summed E-state index contributed by atoms with van der Waals surface area (Å²) in [5.74, 6) is -0.882. The Kier molecular flexibility index (Phi) is 6.19. The van der Waals surface area contributed by atoms with Gasteiger partial charge in [-0.1, -0.05) is 36.4 Å². The third-order valence-corrected chi connectivity index (χ3v) is 5.12. The molecule has 7 heteroatoms. The number of rotatable bonds is 5. The van der Waals surface area contributed by atoms with Crippen LogP contribution in [0.25, 0.3) is 6.08 Å². The van der Waals surface area contributed by atoms with E-state index in [-0.39, 0.29) is 17.2 Å². The van der Waals surface area contributed by atoms with Crippen LogP contribution in [0.2, 0.25) is 0 Å². The van der Waals surface area contributed by atoms with Crippen molar-refractivity contribution in [3.63, 3.8) is 0 Å². The molecular weight excluding hydrogens is 388 g/mol. The maximum atomic E-state index is 12.6. The molecule has 2 N–H and O–H groups in total. The van der Waals surface area contributed by atoms with Gasteiger partial charge in [-0.25, -0.2) is 0 Å². The molecular formula is C22H20N2O4S. The zero-order valence-electron chi connectivity index (χ0n) is 16.0. The zero-order chi connectivity index (χ0) is 21.0. The van der Waals surface area contributed by atoms with Gasteiger partial charge in [-0.3, -0.25) is 19.3 Å². The normalized spacial score (nSPS) is 15.9. The Morgan fingerprint density at radius 1 is 1.17 bits per heavy atom. The quantitative estimate of drug-likeness (QED) is 0.568. The number of carbonyl (C=O) groups excluding carboxylic acids is 3. The summed E-state index contributed by atoms with van der Waals surface area (Å²) in [7, 11) is 0. The number of allylic oxidation sites excluding steroid dienone is 2. The number of phenolic OH excluding ortho intramolecular Hbond substituents is 1. The van der Waals surface area contributed by atoms with E-state index in [2.05, 4.69) is 5.32 Å². The number of aryl methyl sites for hydroxylation is 1. The van der Waals surface area contributed by atoms with Crippen LogP contribution in [-0.4, -0.2) is 33.6 Å². The average Bonchev–Trinajstić information content (AvgIpc) is 2.92. The molecule has 0 unspecified atom stereocenters. The van der Waals surface area contributed by atoms with E-state index in [9.17, 15) is 19.5 Å². The number of carbonyl (C=O) groups is 3. The highest BCUT2D eigenvalue weighted by molar-refractivity contribution is 8.18. The lowest BCUT2D eigenvalue weighted by molar-refractivity contribution is -0.127. The van der Waals surface area contributed by atoms with Crippen molar-refractivity contribution < 1.29 is 19.5 Å². The van der Waals surface area contributed by atoms with Crippen LogP contribution in [0.15, 0.2) is 65.1 Å². The molecule has 0 bridgehead atoms. The Hall–Kier alpha value is -3.32. The molecule has 0 aliphatic carbocycles. The maximum Gasteiger partial charge on any atom is 0.294 e. The van der Waals surface area contributed by atoms with E-state index in [1.165, 1.54) is 12.1 Å². The third-order valence-electron chi connectivity index (χ3n) is 4.21. The smallest absolute Gasteiger partial charge is 0.294 e. The van der Waals surface area contributed by atoms with Crippen molar-refractivity contribution in [1.29, 1.82) is 0 Å². The second-order valence-electron chi connectivity index (χ2n) is 6.61. The monoisotopic (exact) mass is 408 g/mol. The fraction of sp³-hybridized carbons (Fsp3) is 0.136. The third kappa shape index (κ3) is 5.14. The Labute approximate surface area is 172 Å². The number of aromatic hydroxyl groups is 1. The fourth-order valence-electron chi connectivity index (χ4n) is 2.82. The minimum absolute atomic E-state index is 0.0931. The van der Waals surface area contributed by atoms with E-state index in [4.69, 9.17) is 0 Å². The summed E-state index contributed by atoms with van der Waals surface area (Å²) >= 11 is 0.819. The summed E-state index contributed by atoms with van der Waals surface area (Å²) in [5.41, 5.74) is 3.00. The van der Waals surface area contributed by atoms with Crippen molar-refractivity contribution in [2.24, 2.45) is 0 Å². The number of imide groups is 1. The van der Waals surface area contributed by atoms with Crippen molar-refractivity contribution in [1.82, 2.24) is 4.90 Å². The second kappa shape index (κ2) is 8.79. The van der Waals surface area contributed by atoms with E-state index in [1.54, 1.807) is 19.1 Å². The van der Waals surface area contributed by atoms with Crippen LogP contribution in [0.3, 0.4) is 0 Å². The molecule has 0 saturated carbocycles. The first-order valence-electron chi connectivity index (χ1n) is 8.91.